The van der Waals surface area contributed by atoms with Crippen LogP contribution in [0.25, 0.3) is 197 Å². The number of nitrogens with zero attached hydrogens (tertiary/aromatic N) is 8. The number of hydrogen-bond donors (Lipinski definition) is 0. The predicted molar refractivity (Wildman–Crippen MR) is 417 cm³/mol. The van der Waals surface area contributed by atoms with Crippen LogP contribution in [0, 0.1) is 0 Å². The Bertz CT molecular complexity index is 6140. The second-order valence-electron chi connectivity index (χ2n) is 25.2. The summed E-state index contributed by atoms with van der Waals surface area (Å²) >= 11 is 3.72. The number of fused-ring (bicyclic) bond motifs is 14. The number of rotatable bonds is 11. The molecule has 466 valence electrons. The lowest BCUT2D eigenvalue weighted by Gasteiger charge is -2.19. The molecule has 14 aromatic carbocycles. The van der Waals surface area contributed by atoms with E-state index in [9.17, 15) is 0 Å². The zero-order chi connectivity index (χ0) is 65.8. The van der Waals surface area contributed by atoms with Gasteiger partial charge in [0.1, 0.15) is 0 Å². The van der Waals surface area contributed by atoms with Crippen molar-refractivity contribution in [1.29, 1.82) is 0 Å². The Labute approximate surface area is 582 Å². The Morgan fingerprint density at radius 1 is 0.200 bits per heavy atom. The van der Waals surface area contributed by atoms with E-state index in [0.29, 0.717) is 34.9 Å². The van der Waals surface area contributed by atoms with Crippen LogP contribution in [-0.2, 0) is 0 Å². The van der Waals surface area contributed by atoms with E-state index in [0.717, 1.165) is 100 Å². The number of benzene rings is 14. The summed E-state index contributed by atoms with van der Waals surface area (Å²) in [5.41, 5.74) is 18.0. The third-order valence-electron chi connectivity index (χ3n) is 19.5. The summed E-state index contributed by atoms with van der Waals surface area (Å²) in [5, 5.41) is 9.81. The van der Waals surface area contributed by atoms with E-state index in [1.165, 1.54) is 61.9 Å². The van der Waals surface area contributed by atoms with Gasteiger partial charge in [0.2, 0.25) is 0 Å². The first-order valence-electron chi connectivity index (χ1n) is 33.5. The van der Waals surface area contributed by atoms with Crippen molar-refractivity contribution in [2.75, 3.05) is 0 Å². The molecule has 100 heavy (non-hydrogen) atoms. The van der Waals surface area contributed by atoms with E-state index in [2.05, 4.69) is 264 Å². The van der Waals surface area contributed by atoms with Crippen molar-refractivity contribution in [3.63, 3.8) is 0 Å². The molecule has 20 aromatic rings. The Hall–Kier alpha value is -12.9. The summed E-state index contributed by atoms with van der Waals surface area (Å²) in [6.45, 7) is 0. The molecule has 0 fully saturated rings. The van der Waals surface area contributed by atoms with Gasteiger partial charge in [0, 0.05) is 95.3 Å². The van der Waals surface area contributed by atoms with E-state index < -0.39 is 0 Å². The summed E-state index contributed by atoms with van der Waals surface area (Å²) in [5.74, 6) is 3.53. The maximum atomic E-state index is 5.42. The largest absolute Gasteiger partial charge is 0.308 e. The lowest BCUT2D eigenvalue weighted by Crippen LogP contribution is -2.04. The third kappa shape index (κ3) is 9.41. The van der Waals surface area contributed by atoms with E-state index >= 15 is 0 Å². The van der Waals surface area contributed by atoms with Gasteiger partial charge in [-0.05, 0) is 94.0 Å². The monoisotopic (exact) mass is 1310 g/mol. The topological polar surface area (TPSA) is 87.2 Å². The summed E-state index contributed by atoms with van der Waals surface area (Å²) in [6, 6.07) is 117. The SMILES string of the molecule is c1ccc(-c2nc(-c3ccccc3)nc(-c3ccc(-c4ccccc4-c4ccccc4-c4ccc(-c5nc(-c6ccccc6)nc(-c6ccccc6)n5)c(-n5c6ccccc6c6c7sc8ccccc8c7ccc65)c4)cc3-n3c4ccccc4c4c5sc6ccccc6c5ccc43)n2)cc1. The van der Waals surface area contributed by atoms with Gasteiger partial charge < -0.3 is 9.13 Å². The average Bonchev–Trinajstić information content (AvgIpc) is 1.56. The van der Waals surface area contributed by atoms with E-state index in [4.69, 9.17) is 29.9 Å². The molecule has 0 aliphatic heterocycles. The molecule has 0 saturated heterocycles. The van der Waals surface area contributed by atoms with Gasteiger partial charge in [-0.3, -0.25) is 0 Å². The summed E-state index contributed by atoms with van der Waals surface area (Å²) in [4.78, 5) is 32.0. The first-order valence-corrected chi connectivity index (χ1v) is 35.1. The van der Waals surface area contributed by atoms with Crippen molar-refractivity contribution >= 4 is 107 Å². The smallest absolute Gasteiger partial charge is 0.166 e. The predicted octanol–water partition coefficient (Wildman–Crippen LogP) is 24.0. The first kappa shape index (κ1) is 57.4. The Kier molecular flexibility index (Phi) is 13.5. The molecule has 0 radical (unpaired) electrons. The number of hydrogen-bond acceptors (Lipinski definition) is 8. The lowest BCUT2D eigenvalue weighted by molar-refractivity contribution is 1.06. The van der Waals surface area contributed by atoms with Crippen molar-refractivity contribution in [1.82, 2.24) is 39.0 Å². The molecule has 0 unspecified atom stereocenters. The summed E-state index contributed by atoms with van der Waals surface area (Å²) < 4.78 is 9.93. The Morgan fingerprint density at radius 2 is 0.510 bits per heavy atom. The molecule has 10 heteroatoms. The molecule has 0 saturated carbocycles. The van der Waals surface area contributed by atoms with Gasteiger partial charge in [-0.25, -0.2) is 29.9 Å². The normalized spacial score (nSPS) is 11.8. The number of aromatic nitrogens is 8. The molecular formula is C90H54N8S2. The van der Waals surface area contributed by atoms with Crippen LogP contribution in [0.4, 0.5) is 0 Å². The van der Waals surface area contributed by atoms with Crippen LogP contribution in [0.15, 0.2) is 328 Å². The molecule has 20 rings (SSSR count). The highest BCUT2D eigenvalue weighted by atomic mass is 32.1. The first-order chi connectivity index (χ1) is 49.6. The van der Waals surface area contributed by atoms with Crippen molar-refractivity contribution in [3.05, 3.63) is 328 Å². The van der Waals surface area contributed by atoms with Crippen LogP contribution >= 0.6 is 22.7 Å². The molecule has 0 N–H and O–H groups in total. The lowest BCUT2D eigenvalue weighted by atomic mass is 9.88. The zero-order valence-corrected chi connectivity index (χ0v) is 55.2. The van der Waals surface area contributed by atoms with Gasteiger partial charge in [-0.1, -0.05) is 267 Å². The van der Waals surface area contributed by atoms with E-state index in [1.807, 2.05) is 95.5 Å². The molecule has 0 aliphatic carbocycles. The maximum Gasteiger partial charge on any atom is 0.166 e. The number of thiophene rings is 2. The Balaban J connectivity index is 0.816. The Morgan fingerprint density at radius 3 is 0.890 bits per heavy atom. The van der Waals surface area contributed by atoms with Gasteiger partial charge in [0.15, 0.2) is 34.9 Å². The molecule has 0 spiro atoms. The minimum Gasteiger partial charge on any atom is -0.308 e. The van der Waals surface area contributed by atoms with Crippen molar-refractivity contribution < 1.29 is 0 Å². The number of para-hydroxylation sites is 2. The fraction of sp³-hybridized carbons (Fsp3) is 0. The standard InChI is InChI=1S/C90H54N8S2/c1-5-25-55(26-6-1)85-91-86(56-27-7-2-8-28-56)94-89(93-85)71-47-45-59(53-77(71)97-73-41-21-17-39-69(73)81-75(97)51-49-67-65-37-19-23-43-79(65)99-83(67)81)61-33-13-15-35-63(61)64-36-16-14-34-62(64)60-46-48-72(90-95-87(57-29-9-3-10-30-57)92-88(96-90)58-31-11-4-12-32-58)78(54-60)98-74-42-22-18-40-70(74)82-76(98)52-50-68-66-38-20-24-44-80(66)100-84(68)82/h1-54H. The molecule has 6 heterocycles. The zero-order valence-electron chi connectivity index (χ0n) is 53.6. The quantitative estimate of drug-likeness (QED) is 0.128. The van der Waals surface area contributed by atoms with E-state index in [-0.39, 0.29) is 0 Å². The van der Waals surface area contributed by atoms with Gasteiger partial charge in [-0.2, -0.15) is 0 Å². The molecule has 6 aromatic heterocycles. The second kappa shape index (κ2) is 23.5. The van der Waals surface area contributed by atoms with Crippen LogP contribution in [0.1, 0.15) is 0 Å². The van der Waals surface area contributed by atoms with Gasteiger partial charge in [0.25, 0.3) is 0 Å². The highest BCUT2D eigenvalue weighted by Crippen LogP contribution is 2.49. The van der Waals surface area contributed by atoms with Crippen molar-refractivity contribution in [2.24, 2.45) is 0 Å². The molecule has 0 atom stereocenters. The van der Waals surface area contributed by atoms with Crippen LogP contribution in [0.2, 0.25) is 0 Å². The van der Waals surface area contributed by atoms with Crippen LogP contribution < -0.4 is 0 Å². The van der Waals surface area contributed by atoms with Crippen molar-refractivity contribution in [3.8, 4) is 113 Å². The summed E-state index contributed by atoms with van der Waals surface area (Å²) in [6.07, 6.45) is 0. The third-order valence-corrected chi connectivity index (χ3v) is 21.9. The fourth-order valence-corrected chi connectivity index (χ4v) is 17.5. The highest BCUT2D eigenvalue weighted by molar-refractivity contribution is 7.27. The molecule has 0 bridgehead atoms. The van der Waals surface area contributed by atoms with Gasteiger partial charge in [-0.15, -0.1) is 22.7 Å². The average molecular weight is 1310 g/mol. The van der Waals surface area contributed by atoms with E-state index in [1.54, 1.807) is 0 Å². The second-order valence-corrected chi connectivity index (χ2v) is 27.3. The van der Waals surface area contributed by atoms with Gasteiger partial charge in [0.05, 0.1) is 33.4 Å². The van der Waals surface area contributed by atoms with Crippen LogP contribution in [0.5, 0.6) is 0 Å². The minimum absolute atomic E-state index is 0.572. The highest BCUT2D eigenvalue weighted by Gasteiger charge is 2.27. The fourth-order valence-electron chi connectivity index (χ4n) is 14.9. The van der Waals surface area contributed by atoms with Crippen LogP contribution in [-0.4, -0.2) is 39.0 Å². The summed E-state index contributed by atoms with van der Waals surface area (Å²) in [7, 11) is 0. The molecule has 0 amide bonds. The van der Waals surface area contributed by atoms with Crippen molar-refractivity contribution in [2.45, 2.75) is 0 Å². The molecule has 0 aliphatic rings. The molecular weight excluding hydrogens is 1260 g/mol. The molecule has 8 nitrogen and oxygen atoms in total. The maximum absolute atomic E-state index is 5.42. The minimum atomic E-state index is 0.572. The van der Waals surface area contributed by atoms with Crippen LogP contribution in [0.3, 0.4) is 0 Å². The van der Waals surface area contributed by atoms with Gasteiger partial charge >= 0.3 is 0 Å².